The molecular formula is C8H18N3OS+. The van der Waals surface area contributed by atoms with Gasteiger partial charge < -0.3 is 5.32 Å². The molecule has 0 heterocycles. The van der Waals surface area contributed by atoms with Crippen LogP contribution in [0.4, 0.5) is 0 Å². The minimum absolute atomic E-state index is 0.0609. The Labute approximate surface area is 83.4 Å². The normalized spacial score (nSPS) is 11.4. The molecule has 0 radical (unpaired) electrons. The van der Waals surface area contributed by atoms with Crippen LogP contribution in [0.5, 0.6) is 0 Å². The maximum Gasteiger partial charge on any atom is 0.241 e. The van der Waals surface area contributed by atoms with Crippen LogP contribution in [0.2, 0.25) is 0 Å². The number of nitrogens with two attached hydrogens (primary N) is 1. The van der Waals surface area contributed by atoms with E-state index >= 15 is 0 Å². The fraction of sp³-hybridized carbons (Fsp3) is 0.750. The van der Waals surface area contributed by atoms with Crippen molar-refractivity contribution in [3.63, 3.8) is 0 Å². The molecule has 0 bridgehead atoms. The third-order valence-corrected chi connectivity index (χ3v) is 2.13. The Morgan fingerprint density at radius 3 is 2.85 bits per heavy atom. The van der Waals surface area contributed by atoms with Crippen LogP contribution in [0.1, 0.15) is 19.8 Å². The number of amides is 1. The molecule has 0 spiro atoms. The van der Waals surface area contributed by atoms with Gasteiger partial charge in [-0.15, -0.1) is 0 Å². The summed E-state index contributed by atoms with van der Waals surface area (Å²) in [5.41, 5.74) is 5.51. The molecule has 0 aromatic carbocycles. The molecule has 0 saturated heterocycles. The highest BCUT2D eigenvalue weighted by molar-refractivity contribution is 7.98. The van der Waals surface area contributed by atoms with Crippen molar-refractivity contribution in [2.24, 2.45) is 5.73 Å². The third kappa shape index (κ3) is 7.64. The molecule has 4 N–H and O–H groups in total. The molecule has 0 atom stereocenters. The van der Waals surface area contributed by atoms with Gasteiger partial charge in [-0.25, -0.2) is 0 Å². The van der Waals surface area contributed by atoms with E-state index in [9.17, 15) is 4.79 Å². The Bertz CT molecular complexity index is 182. The molecule has 0 fully saturated rings. The monoisotopic (exact) mass is 204 g/mol. The van der Waals surface area contributed by atoms with Crippen molar-refractivity contribution in [3.05, 3.63) is 0 Å². The van der Waals surface area contributed by atoms with Gasteiger partial charge in [0.15, 0.2) is 6.67 Å². The lowest BCUT2D eigenvalue weighted by molar-refractivity contribution is -0.463. The average molecular weight is 204 g/mol. The second kappa shape index (κ2) is 7.91. The summed E-state index contributed by atoms with van der Waals surface area (Å²) in [5.74, 6) is 1.62. The lowest BCUT2D eigenvalue weighted by Gasteiger charge is -1.99. The second-order valence-corrected chi connectivity index (χ2v) is 3.56. The number of nitrogens with one attached hydrogen (secondary N) is 2. The second-order valence-electron chi connectivity index (χ2n) is 2.58. The molecule has 4 nitrogen and oxygen atoms in total. The van der Waals surface area contributed by atoms with Crippen LogP contribution < -0.4 is 16.0 Å². The molecule has 0 aliphatic carbocycles. The van der Waals surface area contributed by atoms with E-state index in [1.54, 1.807) is 11.8 Å². The summed E-state index contributed by atoms with van der Waals surface area (Å²) in [5, 5.41) is 2.72. The summed E-state index contributed by atoms with van der Waals surface area (Å²) >= 11 is 1.66. The van der Waals surface area contributed by atoms with Gasteiger partial charge in [-0.1, -0.05) is 6.92 Å². The van der Waals surface area contributed by atoms with Crippen molar-refractivity contribution in [3.8, 4) is 0 Å². The van der Waals surface area contributed by atoms with Crippen LogP contribution in [0, 0.1) is 0 Å². The summed E-state index contributed by atoms with van der Waals surface area (Å²) in [6, 6.07) is 0. The number of rotatable bonds is 6. The molecule has 76 valence electrons. The van der Waals surface area contributed by atoms with E-state index in [1.807, 2.05) is 13.2 Å². The van der Waals surface area contributed by atoms with E-state index in [4.69, 9.17) is 5.73 Å². The van der Waals surface area contributed by atoms with Crippen molar-refractivity contribution in [2.45, 2.75) is 19.8 Å². The summed E-state index contributed by atoms with van der Waals surface area (Å²) in [4.78, 5) is 14.0. The van der Waals surface area contributed by atoms with Gasteiger partial charge in [-0.3, -0.25) is 15.5 Å². The summed E-state index contributed by atoms with van der Waals surface area (Å²) in [6.07, 6.45) is 3.32. The molecule has 0 unspecified atom stereocenters. The predicted octanol–water partition coefficient (Wildman–Crippen LogP) is -1.34. The SMILES string of the molecule is CC/C(N)=[NH+]/CNC(=O)CCSC. The minimum Gasteiger partial charge on any atom is -0.320 e. The van der Waals surface area contributed by atoms with E-state index in [-0.39, 0.29) is 5.91 Å². The molecule has 5 heteroatoms. The van der Waals surface area contributed by atoms with Crippen LogP contribution in [-0.2, 0) is 4.79 Å². The van der Waals surface area contributed by atoms with Crippen molar-refractivity contribution in [1.82, 2.24) is 5.32 Å². The molecule has 0 aliphatic rings. The van der Waals surface area contributed by atoms with E-state index < -0.39 is 0 Å². The number of carbonyl (C=O) groups excluding carboxylic acids is 1. The minimum atomic E-state index is 0.0609. The van der Waals surface area contributed by atoms with E-state index in [2.05, 4.69) is 10.3 Å². The van der Waals surface area contributed by atoms with Gasteiger partial charge in [0.1, 0.15) is 0 Å². The first-order chi connectivity index (χ1) is 6.20. The highest BCUT2D eigenvalue weighted by Gasteiger charge is 1.99. The zero-order valence-electron chi connectivity index (χ0n) is 8.22. The topological polar surface area (TPSA) is 69.1 Å². The van der Waals surface area contributed by atoms with Crippen LogP contribution >= 0.6 is 11.8 Å². The fourth-order valence-corrected chi connectivity index (χ4v) is 1.05. The Morgan fingerprint density at radius 2 is 2.31 bits per heavy atom. The molecule has 0 saturated carbocycles. The van der Waals surface area contributed by atoms with Gasteiger partial charge in [0.05, 0.1) is 0 Å². The van der Waals surface area contributed by atoms with Gasteiger partial charge >= 0.3 is 0 Å². The molecule has 0 aliphatic heterocycles. The van der Waals surface area contributed by atoms with E-state index in [0.29, 0.717) is 18.9 Å². The third-order valence-electron chi connectivity index (χ3n) is 1.52. The Morgan fingerprint density at radius 1 is 1.62 bits per heavy atom. The molecular weight excluding hydrogens is 186 g/mol. The maximum absolute atomic E-state index is 11.1. The van der Waals surface area contributed by atoms with Gasteiger partial charge in [0.25, 0.3) is 0 Å². The van der Waals surface area contributed by atoms with Crippen molar-refractivity contribution in [2.75, 3.05) is 18.7 Å². The van der Waals surface area contributed by atoms with Gasteiger partial charge in [-0.2, -0.15) is 11.8 Å². The summed E-state index contributed by atoms with van der Waals surface area (Å²) < 4.78 is 0. The smallest absolute Gasteiger partial charge is 0.241 e. The zero-order chi connectivity index (χ0) is 10.1. The average Bonchev–Trinajstić information content (AvgIpc) is 2.14. The van der Waals surface area contributed by atoms with Crippen LogP contribution in [-0.4, -0.2) is 30.4 Å². The number of hydrogen-bond donors (Lipinski definition) is 3. The first-order valence-corrected chi connectivity index (χ1v) is 5.70. The lowest BCUT2D eigenvalue weighted by atomic mass is 10.4. The largest absolute Gasteiger partial charge is 0.320 e. The van der Waals surface area contributed by atoms with Gasteiger partial charge in [-0.05, 0) is 6.26 Å². The molecule has 1 amide bonds. The number of carbonyl (C=O) groups is 1. The Kier molecular flexibility index (Phi) is 7.48. The quantitative estimate of drug-likeness (QED) is 0.285. The number of hydrogen-bond acceptors (Lipinski definition) is 2. The highest BCUT2D eigenvalue weighted by atomic mass is 32.2. The van der Waals surface area contributed by atoms with Gasteiger partial charge in [0, 0.05) is 18.6 Å². The van der Waals surface area contributed by atoms with Crippen LogP contribution in [0.25, 0.3) is 0 Å². The van der Waals surface area contributed by atoms with E-state index in [1.165, 1.54) is 0 Å². The molecule has 0 aromatic heterocycles. The van der Waals surface area contributed by atoms with Crippen molar-refractivity contribution in [1.29, 1.82) is 0 Å². The Hall–Kier alpha value is -0.710. The predicted molar refractivity (Wildman–Crippen MR) is 56.5 cm³/mol. The van der Waals surface area contributed by atoms with Crippen LogP contribution in [0.3, 0.4) is 0 Å². The lowest BCUT2D eigenvalue weighted by Crippen LogP contribution is -2.79. The summed E-state index contributed by atoms with van der Waals surface area (Å²) in [6.45, 7) is 2.38. The highest BCUT2D eigenvalue weighted by Crippen LogP contribution is 1.93. The molecule has 0 rings (SSSR count). The van der Waals surface area contributed by atoms with Gasteiger partial charge in [0.2, 0.25) is 11.7 Å². The first kappa shape index (κ1) is 12.3. The number of amidine groups is 1. The standard InChI is InChI=1S/C8H17N3OS/c1-3-7(9)10-6-11-8(12)4-5-13-2/h3-6H2,1-2H3,(H2,9,10)(H,11,12)/p+1. The zero-order valence-corrected chi connectivity index (χ0v) is 9.04. The van der Waals surface area contributed by atoms with E-state index in [0.717, 1.165) is 12.2 Å². The number of thioether (sulfide) groups is 1. The maximum atomic E-state index is 11.1. The fourth-order valence-electron chi connectivity index (χ4n) is 0.664. The van der Waals surface area contributed by atoms with Crippen LogP contribution in [0.15, 0.2) is 0 Å². The first-order valence-electron chi connectivity index (χ1n) is 4.31. The van der Waals surface area contributed by atoms with Crippen molar-refractivity contribution >= 4 is 23.5 Å². The summed E-state index contributed by atoms with van der Waals surface area (Å²) in [7, 11) is 0. The molecule has 0 aromatic rings. The Balaban J connectivity index is 3.47. The van der Waals surface area contributed by atoms with Crippen molar-refractivity contribution < 1.29 is 9.79 Å². The molecule has 13 heavy (non-hydrogen) atoms.